The second-order valence-corrected chi connectivity index (χ2v) is 9.10. The van der Waals surface area contributed by atoms with E-state index in [9.17, 15) is 4.79 Å². The number of hydrogen-bond donors (Lipinski definition) is 0. The molecule has 3 aromatic carbocycles. The van der Waals surface area contributed by atoms with Gasteiger partial charge in [-0.1, -0.05) is 89.6 Å². The predicted octanol–water partition coefficient (Wildman–Crippen LogP) is 5.26. The Morgan fingerprint density at radius 2 is 1.54 bits per heavy atom. The number of rotatable bonds is 7. The second-order valence-electron chi connectivity index (χ2n) is 8.66. The molecule has 4 aromatic rings. The van der Waals surface area contributed by atoms with Crippen molar-refractivity contribution in [2.45, 2.75) is 18.9 Å². The third-order valence-electron chi connectivity index (χ3n) is 6.37. The van der Waals surface area contributed by atoms with Crippen molar-refractivity contribution >= 4 is 17.5 Å². The largest absolute Gasteiger partial charge is 0.340 e. The first-order valence-corrected chi connectivity index (χ1v) is 12.3. The minimum Gasteiger partial charge on any atom is -0.340 e. The van der Waals surface area contributed by atoms with Crippen LogP contribution in [0.4, 0.5) is 0 Å². The Morgan fingerprint density at radius 3 is 2.17 bits per heavy atom. The molecule has 1 aliphatic rings. The zero-order chi connectivity index (χ0) is 24.0. The number of aryl methyl sites for hydroxylation is 1. The third-order valence-corrected chi connectivity index (χ3v) is 6.60. The first kappa shape index (κ1) is 23.3. The van der Waals surface area contributed by atoms with Crippen molar-refractivity contribution < 1.29 is 9.32 Å². The fourth-order valence-electron chi connectivity index (χ4n) is 4.59. The van der Waals surface area contributed by atoms with Gasteiger partial charge in [-0.25, -0.2) is 0 Å². The number of piperazine rings is 1. The molecule has 0 N–H and O–H groups in total. The van der Waals surface area contributed by atoms with Crippen molar-refractivity contribution in [1.82, 2.24) is 19.9 Å². The van der Waals surface area contributed by atoms with Crippen LogP contribution in [0, 0.1) is 0 Å². The normalized spacial score (nSPS) is 14.4. The summed E-state index contributed by atoms with van der Waals surface area (Å²) in [6, 6.07) is 28.6. The van der Waals surface area contributed by atoms with Gasteiger partial charge in [-0.15, -0.1) is 0 Å². The van der Waals surface area contributed by atoms with Crippen LogP contribution in [0.5, 0.6) is 0 Å². The molecule has 7 heteroatoms. The van der Waals surface area contributed by atoms with E-state index in [1.54, 1.807) is 12.1 Å². The number of aromatic nitrogens is 2. The number of amides is 1. The lowest BCUT2D eigenvalue weighted by Gasteiger charge is -2.39. The highest BCUT2D eigenvalue weighted by molar-refractivity contribution is 6.30. The number of nitrogens with zero attached hydrogens (tertiary/aromatic N) is 4. The monoisotopic (exact) mass is 486 g/mol. The summed E-state index contributed by atoms with van der Waals surface area (Å²) in [6.45, 7) is 3.04. The van der Waals surface area contributed by atoms with Gasteiger partial charge in [0.05, 0.1) is 6.04 Å². The molecule has 1 aromatic heterocycles. The highest BCUT2D eigenvalue weighted by Crippen LogP contribution is 2.29. The summed E-state index contributed by atoms with van der Waals surface area (Å²) in [5.74, 6) is 1.06. The Balaban J connectivity index is 1.18. The maximum atomic E-state index is 12.9. The van der Waals surface area contributed by atoms with Crippen LogP contribution in [0.3, 0.4) is 0 Å². The number of halogens is 1. The summed E-state index contributed by atoms with van der Waals surface area (Å²) < 4.78 is 5.36. The standard InChI is InChI=1S/C28H27ClN4O2/c29-24-13-7-12-23(20-24)28-30-25(35-31-28)14-15-26(34)32-16-18-33(19-17-32)27(21-8-3-1-4-9-21)22-10-5-2-6-11-22/h1-13,20,27H,14-19H2. The van der Waals surface area contributed by atoms with Crippen molar-refractivity contribution in [3.05, 3.63) is 107 Å². The average Bonchev–Trinajstić information content (AvgIpc) is 3.38. The van der Waals surface area contributed by atoms with E-state index in [-0.39, 0.29) is 11.9 Å². The zero-order valence-electron chi connectivity index (χ0n) is 19.4. The number of benzene rings is 3. The molecule has 1 aliphatic heterocycles. The highest BCUT2D eigenvalue weighted by atomic mass is 35.5. The molecule has 1 amide bonds. The zero-order valence-corrected chi connectivity index (χ0v) is 20.1. The Labute approximate surface area is 210 Å². The maximum absolute atomic E-state index is 12.9. The van der Waals surface area contributed by atoms with E-state index in [1.165, 1.54) is 11.1 Å². The van der Waals surface area contributed by atoms with E-state index in [0.717, 1.165) is 18.7 Å². The van der Waals surface area contributed by atoms with Crippen LogP contribution in [0.25, 0.3) is 11.4 Å². The molecule has 0 aliphatic carbocycles. The van der Waals surface area contributed by atoms with Gasteiger partial charge >= 0.3 is 0 Å². The molecule has 2 heterocycles. The molecule has 0 unspecified atom stereocenters. The van der Waals surface area contributed by atoms with Crippen molar-refractivity contribution in [3.63, 3.8) is 0 Å². The smallest absolute Gasteiger partial charge is 0.227 e. The van der Waals surface area contributed by atoms with Crippen LogP contribution < -0.4 is 0 Å². The Morgan fingerprint density at radius 1 is 0.886 bits per heavy atom. The van der Waals surface area contributed by atoms with Gasteiger partial charge in [0.25, 0.3) is 0 Å². The van der Waals surface area contributed by atoms with Gasteiger partial charge < -0.3 is 9.42 Å². The van der Waals surface area contributed by atoms with Crippen LogP contribution in [-0.4, -0.2) is 52.0 Å². The van der Waals surface area contributed by atoms with Gasteiger partial charge in [0.15, 0.2) is 0 Å². The molecule has 178 valence electrons. The fourth-order valence-corrected chi connectivity index (χ4v) is 4.78. The summed E-state index contributed by atoms with van der Waals surface area (Å²) in [4.78, 5) is 21.7. The first-order valence-electron chi connectivity index (χ1n) is 11.9. The van der Waals surface area contributed by atoms with E-state index >= 15 is 0 Å². The van der Waals surface area contributed by atoms with Gasteiger partial charge in [0, 0.05) is 49.6 Å². The highest BCUT2D eigenvalue weighted by Gasteiger charge is 2.28. The molecule has 1 fully saturated rings. The second kappa shape index (κ2) is 10.8. The van der Waals surface area contributed by atoms with Gasteiger partial charge in [0.2, 0.25) is 17.6 Å². The van der Waals surface area contributed by atoms with Crippen LogP contribution >= 0.6 is 11.6 Å². The lowest BCUT2D eigenvalue weighted by molar-refractivity contribution is -0.133. The predicted molar refractivity (Wildman–Crippen MR) is 136 cm³/mol. The molecule has 5 rings (SSSR count). The lowest BCUT2D eigenvalue weighted by Crippen LogP contribution is -2.49. The van der Waals surface area contributed by atoms with Gasteiger partial charge in [-0.3, -0.25) is 9.69 Å². The molecule has 0 bridgehead atoms. The topological polar surface area (TPSA) is 62.5 Å². The Bertz CT molecular complexity index is 1210. The molecule has 6 nitrogen and oxygen atoms in total. The van der Waals surface area contributed by atoms with E-state index in [2.05, 4.69) is 63.6 Å². The maximum Gasteiger partial charge on any atom is 0.227 e. The van der Waals surface area contributed by atoms with E-state index < -0.39 is 0 Å². The summed E-state index contributed by atoms with van der Waals surface area (Å²) in [7, 11) is 0. The molecule has 35 heavy (non-hydrogen) atoms. The summed E-state index contributed by atoms with van der Waals surface area (Å²) in [5.41, 5.74) is 3.33. The molecule has 0 atom stereocenters. The van der Waals surface area contributed by atoms with Crippen LogP contribution in [0.1, 0.15) is 29.5 Å². The minimum atomic E-state index is 0.114. The van der Waals surface area contributed by atoms with Gasteiger partial charge in [0.1, 0.15) is 0 Å². The Kier molecular flexibility index (Phi) is 7.21. The molecule has 1 saturated heterocycles. The van der Waals surface area contributed by atoms with Crippen molar-refractivity contribution in [1.29, 1.82) is 0 Å². The van der Waals surface area contributed by atoms with Gasteiger partial charge in [-0.2, -0.15) is 4.98 Å². The van der Waals surface area contributed by atoms with Crippen LogP contribution in [0.15, 0.2) is 89.5 Å². The van der Waals surface area contributed by atoms with Crippen LogP contribution in [-0.2, 0) is 11.2 Å². The average molecular weight is 487 g/mol. The van der Waals surface area contributed by atoms with Gasteiger partial charge in [-0.05, 0) is 23.3 Å². The number of carbonyl (C=O) groups excluding carboxylic acids is 1. The minimum absolute atomic E-state index is 0.114. The van der Waals surface area contributed by atoms with Crippen LogP contribution in [0.2, 0.25) is 5.02 Å². The molecule has 0 saturated carbocycles. The van der Waals surface area contributed by atoms with E-state index in [0.29, 0.717) is 42.7 Å². The number of hydrogen-bond acceptors (Lipinski definition) is 5. The summed E-state index contributed by atoms with van der Waals surface area (Å²) in [5, 5.41) is 4.64. The molecular formula is C28H27ClN4O2. The van der Waals surface area contributed by atoms with E-state index in [1.807, 2.05) is 29.2 Å². The SMILES string of the molecule is O=C(CCc1nc(-c2cccc(Cl)c2)no1)N1CCN(C(c2ccccc2)c2ccccc2)CC1. The first-order chi connectivity index (χ1) is 17.2. The molecular weight excluding hydrogens is 460 g/mol. The van der Waals surface area contributed by atoms with Crippen molar-refractivity contribution in [2.75, 3.05) is 26.2 Å². The summed E-state index contributed by atoms with van der Waals surface area (Å²) in [6.07, 6.45) is 0.765. The molecule has 0 spiro atoms. The quantitative estimate of drug-likeness (QED) is 0.356. The molecule has 0 radical (unpaired) electrons. The number of carbonyl (C=O) groups is 1. The summed E-state index contributed by atoms with van der Waals surface area (Å²) >= 11 is 6.05. The fraction of sp³-hybridized carbons (Fsp3) is 0.250. The van der Waals surface area contributed by atoms with Crippen molar-refractivity contribution in [2.24, 2.45) is 0 Å². The lowest BCUT2D eigenvalue weighted by atomic mass is 9.96. The van der Waals surface area contributed by atoms with E-state index in [4.69, 9.17) is 16.1 Å². The van der Waals surface area contributed by atoms with Crippen molar-refractivity contribution in [3.8, 4) is 11.4 Å². The Hall–Kier alpha value is -3.48. The third kappa shape index (κ3) is 5.61.